The summed E-state index contributed by atoms with van der Waals surface area (Å²) in [6.45, 7) is 1.85. The van der Waals surface area contributed by atoms with E-state index in [1.54, 1.807) is 34.0 Å². The molecule has 1 saturated heterocycles. The number of aryl methyl sites for hydroxylation is 1. The molecule has 198 valence electrons. The quantitative estimate of drug-likeness (QED) is 0.354. The molecule has 1 aliphatic heterocycles. The van der Waals surface area contributed by atoms with Crippen LogP contribution in [0, 0.1) is 12.8 Å². The molecule has 1 aliphatic carbocycles. The van der Waals surface area contributed by atoms with Crippen LogP contribution < -0.4 is 16.8 Å². The highest BCUT2D eigenvalue weighted by atomic mass is 16.2. The van der Waals surface area contributed by atoms with Crippen molar-refractivity contribution in [2.24, 2.45) is 11.7 Å². The minimum atomic E-state index is -0.582. The monoisotopic (exact) mass is 523 g/mol. The number of carbonyl (C=O) groups excluding carboxylic acids is 3. The van der Waals surface area contributed by atoms with Crippen molar-refractivity contribution in [3.63, 3.8) is 0 Å². The molecular weight excluding hydrogens is 494 g/mol. The van der Waals surface area contributed by atoms with Crippen LogP contribution in [-0.4, -0.2) is 49.2 Å². The summed E-state index contributed by atoms with van der Waals surface area (Å²) < 4.78 is 1.74. The van der Waals surface area contributed by atoms with Gasteiger partial charge in [0.1, 0.15) is 24.2 Å². The van der Waals surface area contributed by atoms with Crippen LogP contribution in [-0.2, 0) is 16.1 Å². The highest BCUT2D eigenvalue weighted by Gasteiger charge is 2.51. The van der Waals surface area contributed by atoms with Gasteiger partial charge in [0.25, 0.3) is 5.91 Å². The van der Waals surface area contributed by atoms with Gasteiger partial charge in [-0.2, -0.15) is 0 Å². The number of likely N-dealkylation sites (tertiary alicyclic amines) is 1. The van der Waals surface area contributed by atoms with Gasteiger partial charge < -0.3 is 26.3 Å². The summed E-state index contributed by atoms with van der Waals surface area (Å²) in [7, 11) is 0. The Kier molecular flexibility index (Phi) is 6.02. The smallest absolute Gasteiger partial charge is 0.250 e. The number of amides is 3. The lowest BCUT2D eigenvalue weighted by atomic mass is 9.97. The molecule has 5 N–H and O–H groups in total. The fraction of sp³-hybridized carbons (Fsp3) is 0.276. The van der Waals surface area contributed by atoms with E-state index < -0.39 is 11.9 Å². The van der Waals surface area contributed by atoms with Crippen LogP contribution in [0.25, 0.3) is 22.0 Å². The molecule has 2 fully saturated rings. The van der Waals surface area contributed by atoms with Crippen LogP contribution >= 0.6 is 0 Å². The van der Waals surface area contributed by atoms with E-state index >= 15 is 0 Å². The maximum Gasteiger partial charge on any atom is 0.250 e. The molecule has 3 atom stereocenters. The Balaban J connectivity index is 1.29. The Morgan fingerprint density at radius 1 is 1.08 bits per heavy atom. The van der Waals surface area contributed by atoms with Gasteiger partial charge in [0.15, 0.2) is 0 Å². The van der Waals surface area contributed by atoms with Crippen LogP contribution in [0.3, 0.4) is 0 Å². The van der Waals surface area contributed by atoms with Crippen LogP contribution in [0.15, 0.2) is 60.9 Å². The first-order valence-corrected chi connectivity index (χ1v) is 13.0. The van der Waals surface area contributed by atoms with Crippen molar-refractivity contribution in [1.82, 2.24) is 19.4 Å². The molecule has 0 unspecified atom stereocenters. The van der Waals surface area contributed by atoms with Gasteiger partial charge in [0.2, 0.25) is 11.8 Å². The third kappa shape index (κ3) is 4.47. The first-order chi connectivity index (χ1) is 18.8. The molecule has 1 aromatic carbocycles. The van der Waals surface area contributed by atoms with Crippen molar-refractivity contribution in [1.29, 1.82) is 0 Å². The highest BCUT2D eigenvalue weighted by molar-refractivity contribution is 6.07. The van der Waals surface area contributed by atoms with E-state index in [2.05, 4.69) is 15.3 Å². The summed E-state index contributed by atoms with van der Waals surface area (Å²) in [4.78, 5) is 49.7. The standard InChI is InChI=1S/C29H29N7O3/c1-16-3-2-4-25(33-16)34-29(39)27-18-5-8-20(11-18)36(27)26(37)15-35-14-22(28(31)38)21-12-17(6-9-23(21)35)19-7-10-24(30)32-13-19/h2-4,6-7,9-10,12-14,18,20,27H,5,8,11,15H2,1H3,(H2,30,32)(H2,31,38)(H,33,34,39)/t18-,20+,27-/m0/s1. The number of fused-ring (bicyclic) bond motifs is 3. The molecule has 3 aromatic heterocycles. The number of hydrogen-bond acceptors (Lipinski definition) is 6. The zero-order valence-corrected chi connectivity index (χ0v) is 21.5. The molecule has 0 spiro atoms. The molecule has 10 nitrogen and oxygen atoms in total. The lowest BCUT2D eigenvalue weighted by molar-refractivity contribution is -0.141. The molecular formula is C29H29N7O3. The van der Waals surface area contributed by atoms with Gasteiger partial charge in [0.05, 0.1) is 5.56 Å². The fourth-order valence-electron chi connectivity index (χ4n) is 6.10. The first-order valence-electron chi connectivity index (χ1n) is 13.0. The number of hydrogen-bond donors (Lipinski definition) is 3. The lowest BCUT2D eigenvalue weighted by Crippen LogP contribution is -2.51. The molecule has 4 heterocycles. The van der Waals surface area contributed by atoms with Gasteiger partial charge in [-0.3, -0.25) is 14.4 Å². The lowest BCUT2D eigenvalue weighted by Gasteiger charge is -2.34. The third-order valence-electron chi connectivity index (χ3n) is 7.85. The van der Waals surface area contributed by atoms with E-state index in [0.717, 1.165) is 36.1 Å². The van der Waals surface area contributed by atoms with Crippen molar-refractivity contribution in [3.05, 3.63) is 72.2 Å². The number of carbonyl (C=O) groups is 3. The predicted molar refractivity (Wildman–Crippen MR) is 147 cm³/mol. The van der Waals surface area contributed by atoms with Crippen molar-refractivity contribution in [2.75, 3.05) is 11.1 Å². The molecule has 2 aliphatic rings. The topological polar surface area (TPSA) is 149 Å². The highest BCUT2D eigenvalue weighted by Crippen LogP contribution is 2.43. The van der Waals surface area contributed by atoms with Gasteiger partial charge >= 0.3 is 0 Å². The van der Waals surface area contributed by atoms with Crippen molar-refractivity contribution in [2.45, 2.75) is 44.8 Å². The zero-order valence-electron chi connectivity index (χ0n) is 21.5. The Hall–Kier alpha value is -4.73. The number of primary amides is 1. The normalized spacial score (nSPS) is 19.9. The molecule has 10 heteroatoms. The summed E-state index contributed by atoms with van der Waals surface area (Å²) in [5.41, 5.74) is 15.0. The van der Waals surface area contributed by atoms with E-state index in [-0.39, 0.29) is 30.3 Å². The number of nitrogen functional groups attached to an aromatic ring is 1. The first kappa shape index (κ1) is 24.6. The minimum Gasteiger partial charge on any atom is -0.384 e. The molecule has 4 aromatic rings. The number of benzene rings is 1. The minimum absolute atomic E-state index is 0.0117. The number of pyridine rings is 2. The number of nitrogens with zero attached hydrogens (tertiary/aromatic N) is 4. The number of rotatable bonds is 6. The Bertz CT molecular complexity index is 1610. The van der Waals surface area contributed by atoms with E-state index in [0.29, 0.717) is 28.1 Å². The molecule has 39 heavy (non-hydrogen) atoms. The van der Waals surface area contributed by atoms with Crippen LogP contribution in [0.2, 0.25) is 0 Å². The van der Waals surface area contributed by atoms with Crippen LogP contribution in [0.1, 0.15) is 35.3 Å². The SMILES string of the molecule is Cc1cccc(NC(=O)[C@@H]2[C@H]3CC[C@H](C3)N2C(=O)Cn2cc(C(N)=O)c3cc(-c4ccc(N)nc4)ccc32)n1. The number of piperidine rings is 1. The summed E-state index contributed by atoms with van der Waals surface area (Å²) in [6.07, 6.45) is 5.88. The maximum absolute atomic E-state index is 13.7. The van der Waals surface area contributed by atoms with Crippen LogP contribution in [0.5, 0.6) is 0 Å². The second-order valence-corrected chi connectivity index (χ2v) is 10.4. The number of nitrogens with two attached hydrogens (primary N) is 2. The molecule has 1 saturated carbocycles. The Labute approximate surface area is 225 Å². The summed E-state index contributed by atoms with van der Waals surface area (Å²) in [5, 5.41) is 3.55. The Morgan fingerprint density at radius 3 is 2.64 bits per heavy atom. The van der Waals surface area contributed by atoms with Gasteiger partial charge in [-0.05, 0) is 74.1 Å². The molecule has 2 bridgehead atoms. The van der Waals surface area contributed by atoms with E-state index in [9.17, 15) is 14.4 Å². The second kappa shape index (κ2) is 9.54. The van der Waals surface area contributed by atoms with Crippen molar-refractivity contribution >= 4 is 40.3 Å². The average molecular weight is 524 g/mol. The summed E-state index contributed by atoms with van der Waals surface area (Å²) in [6, 6.07) is 14.1. The fourth-order valence-corrected chi connectivity index (χ4v) is 6.10. The number of anilines is 2. The average Bonchev–Trinajstić information content (AvgIpc) is 3.62. The maximum atomic E-state index is 13.7. The molecule has 3 amide bonds. The molecule has 6 rings (SSSR count). The van der Waals surface area contributed by atoms with Crippen molar-refractivity contribution < 1.29 is 14.4 Å². The van der Waals surface area contributed by atoms with E-state index in [1.807, 2.05) is 43.3 Å². The van der Waals surface area contributed by atoms with Gasteiger partial charge in [-0.1, -0.05) is 12.1 Å². The van der Waals surface area contributed by atoms with E-state index in [4.69, 9.17) is 11.5 Å². The predicted octanol–water partition coefficient (Wildman–Crippen LogP) is 3.11. The summed E-state index contributed by atoms with van der Waals surface area (Å²) >= 11 is 0. The van der Waals surface area contributed by atoms with Crippen LogP contribution in [0.4, 0.5) is 11.6 Å². The number of aromatic nitrogens is 3. The van der Waals surface area contributed by atoms with Crippen molar-refractivity contribution in [3.8, 4) is 11.1 Å². The van der Waals surface area contributed by atoms with Gasteiger partial charge in [0, 0.05) is 40.6 Å². The third-order valence-corrected chi connectivity index (χ3v) is 7.85. The largest absolute Gasteiger partial charge is 0.384 e. The van der Waals surface area contributed by atoms with Gasteiger partial charge in [-0.25, -0.2) is 9.97 Å². The Morgan fingerprint density at radius 2 is 1.90 bits per heavy atom. The van der Waals surface area contributed by atoms with E-state index in [1.165, 1.54) is 0 Å². The molecule has 0 radical (unpaired) electrons. The zero-order chi connectivity index (χ0) is 27.3. The summed E-state index contributed by atoms with van der Waals surface area (Å²) in [5.74, 6) is 0.0408. The number of nitrogens with one attached hydrogen (secondary N) is 1. The van der Waals surface area contributed by atoms with Gasteiger partial charge in [-0.15, -0.1) is 0 Å². The second-order valence-electron chi connectivity index (χ2n) is 10.4.